The second kappa shape index (κ2) is 6.06. The van der Waals surface area contributed by atoms with Crippen LogP contribution in [0.15, 0.2) is 18.2 Å². The minimum absolute atomic E-state index is 0.318. The minimum atomic E-state index is -0.787. The van der Waals surface area contributed by atoms with E-state index in [1.54, 1.807) is 0 Å². The zero-order valence-corrected chi connectivity index (χ0v) is 8.83. The van der Waals surface area contributed by atoms with Gasteiger partial charge in [-0.25, -0.2) is 0 Å². The summed E-state index contributed by atoms with van der Waals surface area (Å²) in [5.41, 5.74) is -0.318. The Morgan fingerprint density at radius 2 is 1.73 bits per heavy atom. The highest BCUT2D eigenvalue weighted by atomic mass is 19.1. The molecule has 0 fully saturated rings. The van der Waals surface area contributed by atoms with Crippen molar-refractivity contribution in [2.24, 2.45) is 0 Å². The topological polar surface area (TPSA) is 39.2 Å². The molecule has 5 heteroatoms. The maximum absolute atomic E-state index is 11.8. The van der Waals surface area contributed by atoms with Crippen molar-refractivity contribution in [1.29, 1.82) is 0 Å². The van der Waals surface area contributed by atoms with Crippen LogP contribution in [0.25, 0.3) is 0 Å². The van der Waals surface area contributed by atoms with Crippen LogP contribution in [-0.2, 0) is 9.53 Å². The summed E-state index contributed by atoms with van der Waals surface area (Å²) in [6, 6.07) is 3.43. The van der Waals surface area contributed by atoms with Gasteiger partial charge in [-0.05, 0) is 32.9 Å². The number of rotatable bonds is 1. The molecule has 1 aromatic rings. The highest BCUT2D eigenvalue weighted by Crippen LogP contribution is 2.02. The lowest BCUT2D eigenvalue weighted by molar-refractivity contribution is -0.138. The monoisotopic (exact) mass is 217 g/mol. The Morgan fingerprint density at radius 3 is 1.87 bits per heavy atom. The van der Waals surface area contributed by atoms with Gasteiger partial charge in [0.25, 0.3) is 6.47 Å². The molecule has 1 rings (SSSR count). The van der Waals surface area contributed by atoms with Gasteiger partial charge in [0.2, 0.25) is 11.9 Å². The number of halogens is 2. The maximum Gasteiger partial charge on any atom is 0.293 e. The molecule has 0 atom stereocenters. The van der Waals surface area contributed by atoms with Crippen LogP contribution in [-0.4, -0.2) is 17.1 Å². The van der Waals surface area contributed by atoms with Gasteiger partial charge in [-0.15, -0.1) is 0 Å². The SMILES string of the molecule is CC(C)(C)OC=O.Fc1cccc(F)n1. The summed E-state index contributed by atoms with van der Waals surface area (Å²) in [6.45, 7) is 5.92. The largest absolute Gasteiger partial charge is 0.462 e. The summed E-state index contributed by atoms with van der Waals surface area (Å²) in [4.78, 5) is 12.4. The predicted octanol–water partition coefficient (Wildman–Crippen LogP) is 2.32. The van der Waals surface area contributed by atoms with E-state index in [9.17, 15) is 13.6 Å². The van der Waals surface area contributed by atoms with Gasteiger partial charge < -0.3 is 4.74 Å². The summed E-state index contributed by atoms with van der Waals surface area (Å²) in [5.74, 6) is -1.57. The van der Waals surface area contributed by atoms with Crippen LogP contribution in [0, 0.1) is 11.9 Å². The van der Waals surface area contributed by atoms with Gasteiger partial charge in [-0.1, -0.05) is 6.07 Å². The molecule has 0 amide bonds. The normalized spacial score (nSPS) is 9.93. The maximum atomic E-state index is 11.8. The van der Waals surface area contributed by atoms with Crippen molar-refractivity contribution < 1.29 is 18.3 Å². The van der Waals surface area contributed by atoms with Crippen LogP contribution in [0.1, 0.15) is 20.8 Å². The summed E-state index contributed by atoms with van der Waals surface area (Å²) in [7, 11) is 0. The number of carbonyl (C=O) groups is 1. The van der Waals surface area contributed by atoms with Gasteiger partial charge in [0.1, 0.15) is 5.60 Å². The number of carbonyl (C=O) groups excluding carboxylic acids is 1. The molecule has 0 N–H and O–H groups in total. The number of pyridine rings is 1. The number of aromatic nitrogens is 1. The Morgan fingerprint density at radius 1 is 1.27 bits per heavy atom. The van der Waals surface area contributed by atoms with Crippen LogP contribution < -0.4 is 0 Å². The van der Waals surface area contributed by atoms with Crippen LogP contribution in [0.5, 0.6) is 0 Å². The fourth-order valence-corrected chi connectivity index (χ4v) is 0.528. The summed E-state index contributed by atoms with van der Waals surface area (Å²) >= 11 is 0. The van der Waals surface area contributed by atoms with E-state index in [4.69, 9.17) is 0 Å². The van der Waals surface area contributed by atoms with E-state index in [0.29, 0.717) is 6.47 Å². The second-order valence-electron chi connectivity index (χ2n) is 3.61. The quantitative estimate of drug-likeness (QED) is 0.535. The minimum Gasteiger partial charge on any atom is -0.462 e. The highest BCUT2D eigenvalue weighted by molar-refractivity contribution is 5.37. The average Bonchev–Trinajstić information content (AvgIpc) is 2.01. The molecule has 0 aromatic carbocycles. The van der Waals surface area contributed by atoms with E-state index in [-0.39, 0.29) is 5.60 Å². The zero-order valence-electron chi connectivity index (χ0n) is 8.83. The Bertz CT molecular complexity index is 293. The smallest absolute Gasteiger partial charge is 0.293 e. The van der Waals surface area contributed by atoms with Gasteiger partial charge in [0.15, 0.2) is 0 Å². The third-order valence-electron chi connectivity index (χ3n) is 1.08. The van der Waals surface area contributed by atoms with Gasteiger partial charge in [0, 0.05) is 0 Å². The number of hydrogen-bond acceptors (Lipinski definition) is 3. The van der Waals surface area contributed by atoms with E-state index in [1.807, 2.05) is 20.8 Å². The molecule has 0 radical (unpaired) electrons. The molecule has 0 unspecified atom stereocenters. The van der Waals surface area contributed by atoms with Crippen LogP contribution in [0.2, 0.25) is 0 Å². The number of hydrogen-bond donors (Lipinski definition) is 0. The van der Waals surface area contributed by atoms with E-state index in [0.717, 1.165) is 12.1 Å². The number of ether oxygens (including phenoxy) is 1. The molecule has 0 spiro atoms. The van der Waals surface area contributed by atoms with Gasteiger partial charge >= 0.3 is 0 Å². The zero-order chi connectivity index (χ0) is 11.9. The molecular weight excluding hydrogens is 204 g/mol. The van der Waals surface area contributed by atoms with Crippen molar-refractivity contribution in [3.8, 4) is 0 Å². The van der Waals surface area contributed by atoms with Gasteiger partial charge in [0.05, 0.1) is 0 Å². The fourth-order valence-electron chi connectivity index (χ4n) is 0.528. The molecule has 0 bridgehead atoms. The molecule has 0 aliphatic carbocycles. The lowest BCUT2D eigenvalue weighted by Gasteiger charge is -2.14. The molecule has 84 valence electrons. The standard InChI is InChI=1S/C5H3F2N.C5H10O2/c6-4-2-1-3-5(7)8-4;1-5(2,3)7-4-6/h1-3H;4H,1-3H3. The molecule has 3 nitrogen and oxygen atoms in total. The summed E-state index contributed by atoms with van der Waals surface area (Å²) < 4.78 is 28.2. The third-order valence-corrected chi connectivity index (χ3v) is 1.08. The van der Waals surface area contributed by atoms with Crippen molar-refractivity contribution in [3.63, 3.8) is 0 Å². The lowest BCUT2D eigenvalue weighted by atomic mass is 10.2. The van der Waals surface area contributed by atoms with E-state index in [1.165, 1.54) is 6.07 Å². The number of nitrogens with zero attached hydrogens (tertiary/aromatic N) is 1. The van der Waals surface area contributed by atoms with E-state index >= 15 is 0 Å². The highest BCUT2D eigenvalue weighted by Gasteiger charge is 2.07. The molecular formula is C10H13F2NO2. The van der Waals surface area contributed by atoms with Crippen molar-refractivity contribution in [3.05, 3.63) is 30.1 Å². The first-order valence-corrected chi connectivity index (χ1v) is 4.24. The third kappa shape index (κ3) is 8.80. The van der Waals surface area contributed by atoms with Crippen molar-refractivity contribution in [2.45, 2.75) is 26.4 Å². The van der Waals surface area contributed by atoms with Gasteiger partial charge in [-0.2, -0.15) is 13.8 Å². The Labute approximate surface area is 87.1 Å². The van der Waals surface area contributed by atoms with Gasteiger partial charge in [-0.3, -0.25) is 4.79 Å². The second-order valence-corrected chi connectivity index (χ2v) is 3.61. The molecule has 0 aliphatic heterocycles. The van der Waals surface area contributed by atoms with Crippen LogP contribution >= 0.6 is 0 Å². The molecule has 0 saturated heterocycles. The lowest BCUT2D eigenvalue weighted by Crippen LogP contribution is -2.17. The van der Waals surface area contributed by atoms with E-state index in [2.05, 4.69) is 9.72 Å². The molecule has 0 aliphatic rings. The average molecular weight is 217 g/mol. The summed E-state index contributed by atoms with van der Waals surface area (Å²) in [5, 5.41) is 0. The fraction of sp³-hybridized carbons (Fsp3) is 0.400. The first kappa shape index (κ1) is 13.5. The van der Waals surface area contributed by atoms with E-state index < -0.39 is 11.9 Å². The summed E-state index contributed by atoms with van der Waals surface area (Å²) in [6.07, 6.45) is 0. The van der Waals surface area contributed by atoms with Crippen molar-refractivity contribution >= 4 is 6.47 Å². The Balaban J connectivity index is 0.000000265. The Hall–Kier alpha value is -1.52. The first-order chi connectivity index (χ1) is 6.85. The Kier molecular flexibility index (Phi) is 5.44. The van der Waals surface area contributed by atoms with Crippen molar-refractivity contribution in [1.82, 2.24) is 4.98 Å². The predicted molar refractivity (Wildman–Crippen MR) is 51.1 cm³/mol. The molecule has 1 aromatic heterocycles. The van der Waals surface area contributed by atoms with Crippen LogP contribution in [0.4, 0.5) is 8.78 Å². The first-order valence-electron chi connectivity index (χ1n) is 4.24. The van der Waals surface area contributed by atoms with Crippen molar-refractivity contribution in [2.75, 3.05) is 0 Å². The molecule has 15 heavy (non-hydrogen) atoms. The molecule has 0 saturated carbocycles. The van der Waals surface area contributed by atoms with Crippen LogP contribution in [0.3, 0.4) is 0 Å². The molecule has 1 heterocycles.